The quantitative estimate of drug-likeness (QED) is 0.738. The number of rotatable bonds is 6. The van der Waals surface area contributed by atoms with Crippen LogP contribution in [-0.2, 0) is 4.79 Å². The van der Waals surface area contributed by atoms with Crippen LogP contribution < -0.4 is 0 Å². The largest absolute Gasteiger partial charge is 0.395 e. The average Bonchev–Trinajstić information content (AvgIpc) is 2.43. The molecular formula is C18H28O3. The van der Waals surface area contributed by atoms with Gasteiger partial charge in [0.15, 0.2) is 5.78 Å². The molecule has 0 bridgehead atoms. The molecule has 1 aliphatic rings. The maximum atomic E-state index is 11.9. The summed E-state index contributed by atoms with van der Waals surface area (Å²) in [6, 6.07) is 0. The summed E-state index contributed by atoms with van der Waals surface area (Å²) in [6.45, 7) is 7.71. The minimum Gasteiger partial charge on any atom is -0.395 e. The predicted molar refractivity (Wildman–Crippen MR) is 85.9 cm³/mol. The Morgan fingerprint density at radius 3 is 2.71 bits per heavy atom. The van der Waals surface area contributed by atoms with Crippen molar-refractivity contribution >= 4 is 5.78 Å². The molecule has 0 heterocycles. The van der Waals surface area contributed by atoms with E-state index in [1.807, 2.05) is 32.9 Å². The molecule has 21 heavy (non-hydrogen) atoms. The Hall–Kier alpha value is -1.19. The summed E-state index contributed by atoms with van der Waals surface area (Å²) in [5, 5.41) is 18.9. The molecule has 0 amide bonds. The van der Waals surface area contributed by atoms with Crippen LogP contribution >= 0.6 is 0 Å². The lowest BCUT2D eigenvalue weighted by Crippen LogP contribution is -2.30. The lowest BCUT2D eigenvalue weighted by Gasteiger charge is -2.34. The first-order valence-corrected chi connectivity index (χ1v) is 7.68. The molecule has 1 rings (SSSR count). The minimum atomic E-state index is -0.325. The number of Topliss-reactive ketones (excluding diaryl/α,β-unsaturated/α-hetero) is 1. The first-order chi connectivity index (χ1) is 9.80. The van der Waals surface area contributed by atoms with Crippen molar-refractivity contribution in [2.45, 2.75) is 59.5 Å². The highest BCUT2D eigenvalue weighted by molar-refractivity contribution is 5.97. The van der Waals surface area contributed by atoms with E-state index in [9.17, 15) is 15.0 Å². The van der Waals surface area contributed by atoms with Crippen LogP contribution in [0.1, 0.15) is 53.4 Å². The van der Waals surface area contributed by atoms with E-state index in [0.717, 1.165) is 29.6 Å². The molecule has 3 heteroatoms. The summed E-state index contributed by atoms with van der Waals surface area (Å²) >= 11 is 0. The number of allylic oxidation sites excluding steroid dienone is 5. The van der Waals surface area contributed by atoms with E-state index in [4.69, 9.17) is 0 Å². The second-order valence-electron chi connectivity index (χ2n) is 6.39. The van der Waals surface area contributed by atoms with Crippen LogP contribution in [0.4, 0.5) is 0 Å². The number of hydrogen-bond donors (Lipinski definition) is 2. The van der Waals surface area contributed by atoms with E-state index >= 15 is 0 Å². The molecule has 0 radical (unpaired) electrons. The third kappa shape index (κ3) is 4.94. The van der Waals surface area contributed by atoms with Gasteiger partial charge in [-0.15, -0.1) is 0 Å². The standard InChI is InChI=1S/C18H28O3/c1-13(6-5-7-14(2)20)8-9-16-15(3)17(21)10-11-18(16,4)12-19/h6,8-9,14,19-20H,5,7,10-12H2,1-4H3/b9-8+,13-6+/t14-,18+/m1/s1. The summed E-state index contributed by atoms with van der Waals surface area (Å²) in [5.74, 6) is 0.177. The first kappa shape index (κ1) is 17.9. The van der Waals surface area contributed by atoms with E-state index in [1.54, 1.807) is 6.92 Å². The predicted octanol–water partition coefficient (Wildman–Crippen LogP) is 3.33. The van der Waals surface area contributed by atoms with E-state index in [0.29, 0.717) is 12.8 Å². The van der Waals surface area contributed by atoms with Crippen molar-refractivity contribution in [3.63, 3.8) is 0 Å². The fourth-order valence-corrected chi connectivity index (χ4v) is 2.64. The van der Waals surface area contributed by atoms with Gasteiger partial charge >= 0.3 is 0 Å². The molecule has 0 aliphatic heterocycles. The minimum absolute atomic E-state index is 0.0576. The van der Waals surface area contributed by atoms with E-state index in [1.165, 1.54) is 0 Å². The third-order valence-electron chi connectivity index (χ3n) is 4.29. The van der Waals surface area contributed by atoms with Crippen LogP contribution in [0.25, 0.3) is 0 Å². The summed E-state index contributed by atoms with van der Waals surface area (Å²) in [6.07, 6.45) is 8.57. The van der Waals surface area contributed by atoms with Crippen molar-refractivity contribution in [3.05, 3.63) is 34.9 Å². The van der Waals surface area contributed by atoms with Crippen LogP contribution in [0.2, 0.25) is 0 Å². The second kappa shape index (κ2) is 7.71. The van der Waals surface area contributed by atoms with Gasteiger partial charge in [-0.1, -0.05) is 30.7 Å². The smallest absolute Gasteiger partial charge is 0.158 e. The van der Waals surface area contributed by atoms with Crippen molar-refractivity contribution in [3.8, 4) is 0 Å². The maximum absolute atomic E-state index is 11.9. The molecule has 0 saturated heterocycles. The molecule has 0 spiro atoms. The molecule has 0 aromatic carbocycles. The number of hydrogen-bond acceptors (Lipinski definition) is 3. The van der Waals surface area contributed by atoms with Gasteiger partial charge in [0.25, 0.3) is 0 Å². The Bertz CT molecular complexity index is 469. The highest BCUT2D eigenvalue weighted by Gasteiger charge is 2.34. The van der Waals surface area contributed by atoms with Gasteiger partial charge in [0.1, 0.15) is 0 Å². The normalized spacial score (nSPS) is 25.8. The van der Waals surface area contributed by atoms with Crippen LogP contribution in [0.3, 0.4) is 0 Å². The van der Waals surface area contributed by atoms with Crippen molar-refractivity contribution in [2.24, 2.45) is 5.41 Å². The molecule has 0 unspecified atom stereocenters. The first-order valence-electron chi connectivity index (χ1n) is 7.68. The zero-order valence-corrected chi connectivity index (χ0v) is 13.6. The molecule has 0 aromatic heterocycles. The summed E-state index contributed by atoms with van der Waals surface area (Å²) < 4.78 is 0. The summed E-state index contributed by atoms with van der Waals surface area (Å²) in [7, 11) is 0. The fraction of sp³-hybridized carbons (Fsp3) is 0.611. The Kier molecular flexibility index (Phi) is 6.56. The van der Waals surface area contributed by atoms with Gasteiger partial charge in [0, 0.05) is 11.8 Å². The number of aliphatic hydroxyl groups excluding tert-OH is 2. The second-order valence-corrected chi connectivity index (χ2v) is 6.39. The van der Waals surface area contributed by atoms with Gasteiger partial charge in [-0.05, 0) is 51.2 Å². The van der Waals surface area contributed by atoms with Gasteiger partial charge in [0.05, 0.1) is 12.7 Å². The van der Waals surface area contributed by atoms with Crippen LogP contribution in [-0.4, -0.2) is 28.7 Å². The Morgan fingerprint density at radius 1 is 1.48 bits per heavy atom. The fourth-order valence-electron chi connectivity index (χ4n) is 2.64. The van der Waals surface area contributed by atoms with Gasteiger partial charge < -0.3 is 10.2 Å². The molecule has 2 N–H and O–H groups in total. The average molecular weight is 292 g/mol. The molecule has 118 valence electrons. The third-order valence-corrected chi connectivity index (χ3v) is 4.29. The number of carbonyl (C=O) groups is 1. The molecule has 3 nitrogen and oxygen atoms in total. The lowest BCUT2D eigenvalue weighted by atomic mass is 9.71. The number of ketones is 1. The molecule has 0 aromatic rings. The van der Waals surface area contributed by atoms with Gasteiger partial charge in [-0.3, -0.25) is 4.79 Å². The van der Waals surface area contributed by atoms with Gasteiger partial charge in [0.2, 0.25) is 0 Å². The zero-order valence-electron chi connectivity index (χ0n) is 13.6. The van der Waals surface area contributed by atoms with Crippen LogP contribution in [0.5, 0.6) is 0 Å². The van der Waals surface area contributed by atoms with Gasteiger partial charge in [-0.25, -0.2) is 0 Å². The Balaban J connectivity index is 2.89. The zero-order chi connectivity index (χ0) is 16.0. The van der Waals surface area contributed by atoms with E-state index in [2.05, 4.69) is 6.08 Å². The molecule has 2 atom stereocenters. The number of carbonyl (C=O) groups excluding carboxylic acids is 1. The maximum Gasteiger partial charge on any atom is 0.158 e. The molecule has 0 saturated carbocycles. The summed E-state index contributed by atoms with van der Waals surface area (Å²) in [5.41, 5.74) is 2.50. The highest BCUT2D eigenvalue weighted by atomic mass is 16.3. The summed E-state index contributed by atoms with van der Waals surface area (Å²) in [4.78, 5) is 11.9. The Labute approximate surface area is 128 Å². The highest BCUT2D eigenvalue weighted by Crippen LogP contribution is 2.39. The van der Waals surface area contributed by atoms with Crippen molar-refractivity contribution in [1.29, 1.82) is 0 Å². The molecule has 1 aliphatic carbocycles. The van der Waals surface area contributed by atoms with Crippen molar-refractivity contribution in [2.75, 3.05) is 6.61 Å². The molecular weight excluding hydrogens is 264 g/mol. The monoisotopic (exact) mass is 292 g/mol. The topological polar surface area (TPSA) is 57.5 Å². The molecule has 0 fully saturated rings. The van der Waals surface area contributed by atoms with Crippen LogP contribution in [0.15, 0.2) is 34.9 Å². The van der Waals surface area contributed by atoms with Crippen LogP contribution in [0, 0.1) is 5.41 Å². The van der Waals surface area contributed by atoms with Crippen molar-refractivity contribution < 1.29 is 15.0 Å². The SMILES string of the molecule is CC1=C(/C=C/C(C)=C/CC[C@@H](C)O)[C@](C)(CO)CCC1=O. The number of aliphatic hydroxyl groups is 2. The van der Waals surface area contributed by atoms with E-state index < -0.39 is 0 Å². The van der Waals surface area contributed by atoms with Crippen molar-refractivity contribution in [1.82, 2.24) is 0 Å². The van der Waals surface area contributed by atoms with E-state index in [-0.39, 0.29) is 23.9 Å². The van der Waals surface area contributed by atoms with Gasteiger partial charge in [-0.2, -0.15) is 0 Å². The Morgan fingerprint density at radius 2 is 2.14 bits per heavy atom. The lowest BCUT2D eigenvalue weighted by molar-refractivity contribution is -0.116.